The molecule has 5 heterocycles. The highest BCUT2D eigenvalue weighted by Crippen LogP contribution is 2.42. The number of rotatable bonds is 15. The van der Waals surface area contributed by atoms with Gasteiger partial charge in [-0.3, -0.25) is 24.2 Å². The van der Waals surface area contributed by atoms with Crippen LogP contribution < -0.4 is 10.6 Å². The second-order valence-electron chi connectivity index (χ2n) is 14.1. The third-order valence-corrected chi connectivity index (χ3v) is 10.6. The Balaban J connectivity index is 1.55. The summed E-state index contributed by atoms with van der Waals surface area (Å²) >= 11 is 0. The van der Waals surface area contributed by atoms with Crippen molar-refractivity contribution < 1.29 is 38.9 Å². The number of esters is 1. The largest absolute Gasteiger partial charge is 0.481 e. The predicted molar refractivity (Wildman–Crippen MR) is 214 cm³/mol. The van der Waals surface area contributed by atoms with Gasteiger partial charge in [0.2, 0.25) is 11.8 Å². The van der Waals surface area contributed by atoms with E-state index in [0.29, 0.717) is 24.2 Å². The number of aromatic nitrogens is 4. The molecular formula is C42H48N6O8. The quantitative estimate of drug-likeness (QED) is 0.0947. The molecule has 0 aliphatic carbocycles. The van der Waals surface area contributed by atoms with Crippen molar-refractivity contribution in [3.8, 4) is 0 Å². The fourth-order valence-corrected chi connectivity index (χ4v) is 7.28. The monoisotopic (exact) mass is 764 g/mol. The minimum Gasteiger partial charge on any atom is -0.481 e. The smallest absolute Gasteiger partial charge is 0.326 e. The topological polar surface area (TPSA) is 216 Å². The molecular weight excluding hydrogens is 716 g/mol. The van der Waals surface area contributed by atoms with Gasteiger partial charge in [-0.1, -0.05) is 32.2 Å². The Kier molecular flexibility index (Phi) is 12.7. The summed E-state index contributed by atoms with van der Waals surface area (Å²) in [7, 11) is 1.37. The zero-order chi connectivity index (χ0) is 40.8. The molecule has 0 saturated carbocycles. The van der Waals surface area contributed by atoms with Crippen molar-refractivity contribution >= 4 is 75.1 Å². The molecule has 0 radical (unpaired) electrons. The number of carbonyl (C=O) groups is 5. The number of H-pyrrole nitrogens is 2. The van der Waals surface area contributed by atoms with Gasteiger partial charge in [0.25, 0.3) is 0 Å². The first-order valence-electron chi connectivity index (χ1n) is 18.4. The molecule has 3 aromatic rings. The summed E-state index contributed by atoms with van der Waals surface area (Å²) in [5.74, 6) is -4.35. The number of carboxylic acid groups (broad SMARTS) is 2. The van der Waals surface area contributed by atoms with E-state index in [4.69, 9.17) is 19.8 Å². The highest BCUT2D eigenvalue weighted by atomic mass is 16.5. The van der Waals surface area contributed by atoms with Crippen molar-refractivity contribution in [2.45, 2.75) is 84.1 Å². The second kappa shape index (κ2) is 17.4. The molecule has 8 bridgehead atoms. The molecule has 0 aromatic carbocycles. The number of methoxy groups -OCH3 is 1. The highest BCUT2D eigenvalue weighted by Gasteiger charge is 2.31. The molecule has 0 saturated heterocycles. The Morgan fingerprint density at radius 1 is 0.839 bits per heavy atom. The molecule has 14 heteroatoms. The molecule has 14 nitrogen and oxygen atoms in total. The number of aliphatic carboxylic acids is 2. The second-order valence-corrected chi connectivity index (χ2v) is 14.1. The van der Waals surface area contributed by atoms with Gasteiger partial charge in [0.05, 0.1) is 24.9 Å². The molecule has 3 atom stereocenters. The molecule has 56 heavy (non-hydrogen) atoms. The molecule has 5 rings (SSSR count). The Bertz CT molecular complexity index is 2320. The molecule has 3 aromatic heterocycles. The van der Waals surface area contributed by atoms with E-state index in [9.17, 15) is 29.1 Å². The predicted octanol–water partition coefficient (Wildman–Crippen LogP) is 6.32. The van der Waals surface area contributed by atoms with Gasteiger partial charge in [-0.15, -0.1) is 0 Å². The van der Waals surface area contributed by atoms with Crippen molar-refractivity contribution in [1.82, 2.24) is 30.6 Å². The molecule has 0 spiro atoms. The van der Waals surface area contributed by atoms with E-state index in [0.717, 1.165) is 66.9 Å². The van der Waals surface area contributed by atoms with Crippen molar-refractivity contribution in [2.75, 3.05) is 13.7 Å². The highest BCUT2D eigenvalue weighted by molar-refractivity contribution is 5.94. The molecule has 2 aliphatic rings. The van der Waals surface area contributed by atoms with E-state index < -0.39 is 30.3 Å². The summed E-state index contributed by atoms with van der Waals surface area (Å²) in [5, 5.41) is 23.0. The van der Waals surface area contributed by atoms with Crippen LogP contribution >= 0.6 is 0 Å². The number of carbonyl (C=O) groups excluding carboxylic acids is 3. The summed E-state index contributed by atoms with van der Waals surface area (Å²) < 4.78 is 4.97. The number of nitrogens with zero attached hydrogens (tertiary/aromatic N) is 2. The third kappa shape index (κ3) is 8.96. The van der Waals surface area contributed by atoms with E-state index in [-0.39, 0.29) is 49.5 Å². The summed E-state index contributed by atoms with van der Waals surface area (Å²) in [4.78, 5) is 77.3. The lowest BCUT2D eigenvalue weighted by Crippen LogP contribution is -2.43. The van der Waals surface area contributed by atoms with Gasteiger partial charge in [0.1, 0.15) is 6.04 Å². The van der Waals surface area contributed by atoms with Gasteiger partial charge >= 0.3 is 17.9 Å². The average Bonchev–Trinajstić information content (AvgIpc) is 3.81. The van der Waals surface area contributed by atoms with Gasteiger partial charge < -0.3 is 35.6 Å². The lowest BCUT2D eigenvalue weighted by atomic mass is 9.87. The van der Waals surface area contributed by atoms with E-state index in [1.807, 2.05) is 45.0 Å². The first-order chi connectivity index (χ1) is 26.6. The van der Waals surface area contributed by atoms with Gasteiger partial charge in [-0.2, -0.15) is 0 Å². The van der Waals surface area contributed by atoms with Crippen molar-refractivity contribution in [3.05, 3.63) is 82.5 Å². The molecule has 2 unspecified atom stereocenters. The summed E-state index contributed by atoms with van der Waals surface area (Å²) in [6.07, 6.45) is 3.72. The zero-order valence-electron chi connectivity index (χ0n) is 32.3. The van der Waals surface area contributed by atoms with Crippen molar-refractivity contribution in [1.29, 1.82) is 0 Å². The van der Waals surface area contributed by atoms with Crippen molar-refractivity contribution in [3.63, 3.8) is 0 Å². The van der Waals surface area contributed by atoms with Crippen LogP contribution in [0.25, 0.3) is 45.4 Å². The number of amides is 2. The van der Waals surface area contributed by atoms with Gasteiger partial charge in [-0.25, -0.2) is 9.78 Å². The Labute approximate surface area is 324 Å². The maximum atomic E-state index is 13.1. The van der Waals surface area contributed by atoms with Gasteiger partial charge in [0.15, 0.2) is 0 Å². The number of aryl methyl sites for hydroxylation is 2. The number of hydrogen-bond donors (Lipinski definition) is 6. The van der Waals surface area contributed by atoms with E-state index in [1.165, 1.54) is 7.11 Å². The normalized spacial score (nSPS) is 15.5. The molecule has 2 aliphatic heterocycles. The fraction of sp³-hybridized carbons (Fsp3) is 0.357. The minimum absolute atomic E-state index is 0.0461. The van der Waals surface area contributed by atoms with Crippen LogP contribution in [-0.2, 0) is 28.7 Å². The van der Waals surface area contributed by atoms with E-state index >= 15 is 0 Å². The first kappa shape index (κ1) is 40.9. The van der Waals surface area contributed by atoms with E-state index in [2.05, 4.69) is 46.7 Å². The number of allylic oxidation sites excluding steroid dienone is 2. The van der Waals surface area contributed by atoms with Crippen LogP contribution in [0.15, 0.2) is 37.4 Å². The van der Waals surface area contributed by atoms with E-state index in [1.54, 1.807) is 6.08 Å². The SMILES string of the molecule is C=Cc1c(C)c2cc3[nH]c(cc4nc(cc5nc(cc1[nH]2)C(C)=C5CCC(=O)NCCC(=O)N[C@@H](CC(=O)O)C(=O)O)C(CCC(=O)OC)C4C)c(C)c3C=C. The third-order valence-electron chi connectivity index (χ3n) is 10.6. The summed E-state index contributed by atoms with van der Waals surface area (Å²) in [5.41, 5.74) is 12.0. The first-order valence-corrected chi connectivity index (χ1v) is 18.4. The number of fused-ring (bicyclic) bond motifs is 8. The number of aromatic amines is 2. The lowest BCUT2D eigenvalue weighted by Gasteiger charge is -2.15. The van der Waals surface area contributed by atoms with Gasteiger partial charge in [0, 0.05) is 82.2 Å². The van der Waals surface area contributed by atoms with Crippen LogP contribution in [0.2, 0.25) is 0 Å². The molecule has 2 amide bonds. The standard InChI is InChI=1S/C42H48N6O8/c1-8-25-21(3)29-16-30-24(6)28(11-13-41(53)56-7)36(46-30)19-35-27(10-12-38(49)43-15-14-39(50)48-37(42(54)55)20-40(51)52)23(5)32(47-35)18-34-26(9-2)22(4)31(45-34)17-33(25)44-29/h8-9,16-19,24,28,37,44-45H,1-2,10-15,20H2,3-7H3,(H,43,49)(H,48,50)(H,51,52)(H,54,55)/t24?,28?,37-/m0/s1. The fourth-order valence-electron chi connectivity index (χ4n) is 7.28. The van der Waals surface area contributed by atoms with Crippen LogP contribution in [0.5, 0.6) is 0 Å². The van der Waals surface area contributed by atoms with Crippen LogP contribution in [0, 0.1) is 13.8 Å². The van der Waals surface area contributed by atoms with Crippen molar-refractivity contribution in [2.24, 2.45) is 0 Å². The average molecular weight is 765 g/mol. The van der Waals surface area contributed by atoms with Crippen LogP contribution in [0.3, 0.4) is 0 Å². The van der Waals surface area contributed by atoms with Crippen LogP contribution in [0.1, 0.15) is 109 Å². The summed E-state index contributed by atoms with van der Waals surface area (Å²) in [6.45, 7) is 16.2. The number of nitrogens with one attached hydrogen (secondary N) is 4. The number of carboxylic acids is 2. The number of ether oxygens (including phenoxy) is 1. The lowest BCUT2D eigenvalue weighted by molar-refractivity contribution is -0.147. The van der Waals surface area contributed by atoms with Crippen LogP contribution in [0.4, 0.5) is 0 Å². The Morgan fingerprint density at radius 3 is 2.09 bits per heavy atom. The number of hydrogen-bond acceptors (Lipinski definition) is 8. The molecule has 294 valence electrons. The Hall–Kier alpha value is -6.31. The maximum absolute atomic E-state index is 13.1. The van der Waals surface area contributed by atoms with Crippen LogP contribution in [-0.4, -0.2) is 79.6 Å². The zero-order valence-corrected chi connectivity index (χ0v) is 32.3. The Morgan fingerprint density at radius 2 is 1.48 bits per heavy atom. The maximum Gasteiger partial charge on any atom is 0.326 e. The minimum atomic E-state index is -1.58. The molecule has 6 N–H and O–H groups in total. The van der Waals surface area contributed by atoms with Gasteiger partial charge in [-0.05, 0) is 80.2 Å². The summed E-state index contributed by atoms with van der Waals surface area (Å²) in [6, 6.07) is 6.44. The molecule has 0 fully saturated rings.